The van der Waals surface area contributed by atoms with Crippen molar-refractivity contribution in [3.8, 4) is 0 Å². The summed E-state index contributed by atoms with van der Waals surface area (Å²) < 4.78 is 0. The van der Waals surface area contributed by atoms with E-state index in [9.17, 15) is 0 Å². The van der Waals surface area contributed by atoms with Crippen LogP contribution in [0.25, 0.3) is 0 Å². The first-order chi connectivity index (χ1) is 5.40. The molecule has 0 bridgehead atoms. The maximum Gasteiger partial charge on any atom is 0.116 e. The number of thioether (sulfide) groups is 1. The minimum atomic E-state index is 0.740. The van der Waals surface area contributed by atoms with Gasteiger partial charge in [-0.2, -0.15) is 0 Å². The lowest BCUT2D eigenvalue weighted by Gasteiger charge is -1.97. The monoisotopic (exact) mass is 166 g/mol. The highest BCUT2D eigenvalue weighted by Gasteiger charge is 2.24. The van der Waals surface area contributed by atoms with Crippen molar-refractivity contribution in [1.29, 1.82) is 0 Å². The molecule has 1 aromatic heterocycles. The molecular formula is C8H10N2S. The highest BCUT2D eigenvalue weighted by Crippen LogP contribution is 2.39. The number of hydrogen-bond donors (Lipinski definition) is 0. The molecular weight excluding hydrogens is 156 g/mol. The molecule has 11 heavy (non-hydrogen) atoms. The summed E-state index contributed by atoms with van der Waals surface area (Å²) in [4.78, 5) is 8.34. The maximum absolute atomic E-state index is 4.22. The van der Waals surface area contributed by atoms with Gasteiger partial charge in [0.25, 0.3) is 0 Å². The van der Waals surface area contributed by atoms with Gasteiger partial charge in [-0.3, -0.25) is 0 Å². The Morgan fingerprint density at radius 3 is 2.91 bits per heavy atom. The summed E-state index contributed by atoms with van der Waals surface area (Å²) in [5, 5.41) is 1.09. The van der Waals surface area contributed by atoms with Gasteiger partial charge in [0, 0.05) is 11.6 Å². The molecule has 1 aromatic rings. The molecule has 2 nitrogen and oxygen atoms in total. The number of aromatic nitrogens is 2. The van der Waals surface area contributed by atoms with Crippen molar-refractivity contribution < 1.29 is 0 Å². The summed E-state index contributed by atoms with van der Waals surface area (Å²) in [6.07, 6.45) is 6.33. The number of hydrogen-bond acceptors (Lipinski definition) is 3. The van der Waals surface area contributed by atoms with Crippen molar-refractivity contribution in [2.45, 2.75) is 23.8 Å². The highest BCUT2D eigenvalue weighted by molar-refractivity contribution is 7.98. The van der Waals surface area contributed by atoms with Crippen molar-refractivity contribution in [3.05, 3.63) is 18.1 Å². The summed E-state index contributed by atoms with van der Waals surface area (Å²) in [6, 6.07) is 2.10. The first-order valence-electron chi connectivity index (χ1n) is 3.76. The Bertz CT molecular complexity index is 258. The molecule has 0 aliphatic heterocycles. The first-order valence-corrected chi connectivity index (χ1v) is 4.98. The molecule has 0 atom stereocenters. The maximum atomic E-state index is 4.22. The van der Waals surface area contributed by atoms with Gasteiger partial charge in [-0.25, -0.2) is 9.97 Å². The lowest BCUT2D eigenvalue weighted by Crippen LogP contribution is -1.88. The lowest BCUT2D eigenvalue weighted by atomic mass is 10.3. The molecule has 1 aliphatic carbocycles. The molecule has 3 heteroatoms. The van der Waals surface area contributed by atoms with Crippen molar-refractivity contribution in [2.75, 3.05) is 6.26 Å². The standard InChI is InChI=1S/C8H10N2S/c1-11-8-4-7(6-2-3-6)9-5-10-8/h4-6H,2-3H2,1H3. The van der Waals surface area contributed by atoms with Gasteiger partial charge in [0.05, 0.1) is 5.03 Å². The van der Waals surface area contributed by atoms with Gasteiger partial charge in [-0.05, 0) is 25.2 Å². The highest BCUT2D eigenvalue weighted by atomic mass is 32.2. The van der Waals surface area contributed by atoms with E-state index in [0.717, 1.165) is 10.9 Å². The molecule has 0 radical (unpaired) electrons. The SMILES string of the molecule is CSc1cc(C2CC2)ncn1. The zero-order chi connectivity index (χ0) is 7.68. The van der Waals surface area contributed by atoms with Crippen LogP contribution in [0.3, 0.4) is 0 Å². The zero-order valence-electron chi connectivity index (χ0n) is 6.45. The van der Waals surface area contributed by atoms with E-state index in [2.05, 4.69) is 16.0 Å². The van der Waals surface area contributed by atoms with Crippen LogP contribution in [0.1, 0.15) is 24.5 Å². The van der Waals surface area contributed by atoms with Crippen LogP contribution in [-0.2, 0) is 0 Å². The molecule has 0 N–H and O–H groups in total. The van der Waals surface area contributed by atoms with Crippen LogP contribution in [0.4, 0.5) is 0 Å². The normalized spacial score (nSPS) is 16.8. The minimum Gasteiger partial charge on any atom is -0.241 e. The van der Waals surface area contributed by atoms with Crippen molar-refractivity contribution >= 4 is 11.8 Å². The van der Waals surface area contributed by atoms with E-state index in [1.807, 2.05) is 6.26 Å². The van der Waals surface area contributed by atoms with Crippen LogP contribution in [0.15, 0.2) is 17.4 Å². The molecule has 58 valence electrons. The summed E-state index contributed by atoms with van der Waals surface area (Å²) >= 11 is 1.68. The van der Waals surface area contributed by atoms with Gasteiger partial charge in [0.1, 0.15) is 6.33 Å². The summed E-state index contributed by atoms with van der Waals surface area (Å²) in [5.41, 5.74) is 1.23. The van der Waals surface area contributed by atoms with Crippen molar-refractivity contribution in [1.82, 2.24) is 9.97 Å². The van der Waals surface area contributed by atoms with E-state index in [4.69, 9.17) is 0 Å². The fourth-order valence-corrected chi connectivity index (χ4v) is 1.46. The average Bonchev–Trinajstić information content (AvgIpc) is 2.87. The van der Waals surface area contributed by atoms with Crippen LogP contribution in [0.2, 0.25) is 0 Å². The van der Waals surface area contributed by atoms with Gasteiger partial charge in [-0.1, -0.05) is 0 Å². The topological polar surface area (TPSA) is 25.8 Å². The van der Waals surface area contributed by atoms with E-state index >= 15 is 0 Å². The van der Waals surface area contributed by atoms with Crippen molar-refractivity contribution in [2.24, 2.45) is 0 Å². The Balaban J connectivity index is 2.26. The second-order valence-corrected chi connectivity index (χ2v) is 3.59. The minimum absolute atomic E-state index is 0.740. The Labute approximate surface area is 70.4 Å². The third-order valence-corrected chi connectivity index (χ3v) is 2.51. The van der Waals surface area contributed by atoms with Gasteiger partial charge in [0.2, 0.25) is 0 Å². The van der Waals surface area contributed by atoms with Crippen LogP contribution in [-0.4, -0.2) is 16.2 Å². The molecule has 1 saturated carbocycles. The lowest BCUT2D eigenvalue weighted by molar-refractivity contribution is 0.938. The summed E-state index contributed by atoms with van der Waals surface area (Å²) in [7, 11) is 0. The third-order valence-electron chi connectivity index (χ3n) is 1.87. The molecule has 0 spiro atoms. The third kappa shape index (κ3) is 1.53. The van der Waals surface area contributed by atoms with Gasteiger partial charge in [-0.15, -0.1) is 11.8 Å². The largest absolute Gasteiger partial charge is 0.241 e. The van der Waals surface area contributed by atoms with Crippen LogP contribution in [0, 0.1) is 0 Å². The summed E-state index contributed by atoms with van der Waals surface area (Å²) in [6.45, 7) is 0. The molecule has 1 heterocycles. The van der Waals surface area contributed by atoms with Gasteiger partial charge < -0.3 is 0 Å². The second-order valence-electron chi connectivity index (χ2n) is 2.76. The van der Waals surface area contributed by atoms with Gasteiger partial charge in [0.15, 0.2) is 0 Å². The van der Waals surface area contributed by atoms with E-state index in [0.29, 0.717) is 0 Å². The fraction of sp³-hybridized carbons (Fsp3) is 0.500. The molecule has 0 saturated heterocycles. The summed E-state index contributed by atoms with van der Waals surface area (Å²) in [5.74, 6) is 0.740. The number of rotatable bonds is 2. The van der Waals surface area contributed by atoms with Crippen LogP contribution >= 0.6 is 11.8 Å². The molecule has 1 aliphatic rings. The Morgan fingerprint density at radius 1 is 1.45 bits per heavy atom. The van der Waals surface area contributed by atoms with Crippen LogP contribution in [0.5, 0.6) is 0 Å². The number of nitrogens with zero attached hydrogens (tertiary/aromatic N) is 2. The Kier molecular flexibility index (Phi) is 1.82. The quantitative estimate of drug-likeness (QED) is 0.497. The molecule has 1 fully saturated rings. The van der Waals surface area contributed by atoms with E-state index < -0.39 is 0 Å². The fourth-order valence-electron chi connectivity index (χ4n) is 1.07. The average molecular weight is 166 g/mol. The zero-order valence-corrected chi connectivity index (χ0v) is 7.27. The van der Waals surface area contributed by atoms with Gasteiger partial charge >= 0.3 is 0 Å². The molecule has 0 amide bonds. The predicted molar refractivity (Wildman–Crippen MR) is 45.8 cm³/mol. The molecule has 2 rings (SSSR count). The predicted octanol–water partition coefficient (Wildman–Crippen LogP) is 2.08. The van der Waals surface area contributed by atoms with Crippen molar-refractivity contribution in [3.63, 3.8) is 0 Å². The molecule has 0 aromatic carbocycles. The molecule has 0 unspecified atom stereocenters. The van der Waals surface area contributed by atoms with E-state index in [1.54, 1.807) is 18.1 Å². The van der Waals surface area contributed by atoms with Crippen LogP contribution < -0.4 is 0 Å². The van der Waals surface area contributed by atoms with E-state index in [-0.39, 0.29) is 0 Å². The smallest absolute Gasteiger partial charge is 0.116 e. The van der Waals surface area contributed by atoms with E-state index in [1.165, 1.54) is 18.5 Å². The Morgan fingerprint density at radius 2 is 2.27 bits per heavy atom. The Hall–Kier alpha value is -0.570. The second kappa shape index (κ2) is 2.81. The first kappa shape index (κ1) is 7.10.